The van der Waals surface area contributed by atoms with Gasteiger partial charge in [-0.15, -0.1) is 0 Å². The molecule has 0 spiro atoms. The SMILES string of the molecule is O=C(NC1(CO)CC1)C1CC(=O)N(C2CC2)C1. The molecule has 1 atom stereocenters. The first-order valence-electron chi connectivity index (χ1n) is 6.36. The van der Waals surface area contributed by atoms with E-state index in [1.807, 2.05) is 4.90 Å². The summed E-state index contributed by atoms with van der Waals surface area (Å²) < 4.78 is 0. The second kappa shape index (κ2) is 3.70. The summed E-state index contributed by atoms with van der Waals surface area (Å²) in [5.74, 6) is -0.165. The van der Waals surface area contributed by atoms with E-state index in [9.17, 15) is 9.59 Å². The fourth-order valence-electron chi connectivity index (χ4n) is 2.48. The molecule has 3 aliphatic rings. The number of aliphatic hydroxyl groups is 1. The fourth-order valence-corrected chi connectivity index (χ4v) is 2.48. The zero-order valence-electron chi connectivity index (χ0n) is 9.82. The Balaban J connectivity index is 1.58. The van der Waals surface area contributed by atoms with Gasteiger partial charge >= 0.3 is 0 Å². The van der Waals surface area contributed by atoms with E-state index in [0.29, 0.717) is 19.0 Å². The number of hydrogen-bond donors (Lipinski definition) is 2. The van der Waals surface area contributed by atoms with Crippen LogP contribution >= 0.6 is 0 Å². The summed E-state index contributed by atoms with van der Waals surface area (Å²) in [4.78, 5) is 25.6. The van der Waals surface area contributed by atoms with Crippen LogP contribution in [0.4, 0.5) is 0 Å². The number of rotatable bonds is 4. The molecule has 0 bridgehead atoms. The lowest BCUT2D eigenvalue weighted by atomic mass is 10.1. The lowest BCUT2D eigenvalue weighted by Crippen LogP contribution is -2.43. The third kappa shape index (κ3) is 2.04. The van der Waals surface area contributed by atoms with Gasteiger partial charge in [0.15, 0.2) is 0 Å². The number of nitrogens with zero attached hydrogens (tertiary/aromatic N) is 1. The standard InChI is InChI=1S/C12H18N2O3/c15-7-12(3-4-12)13-11(17)8-5-10(16)14(6-8)9-1-2-9/h8-9,15H,1-7H2,(H,13,17). The molecule has 17 heavy (non-hydrogen) atoms. The Hall–Kier alpha value is -1.10. The molecule has 0 aromatic heterocycles. The van der Waals surface area contributed by atoms with E-state index in [4.69, 9.17) is 5.11 Å². The Morgan fingerprint density at radius 3 is 2.71 bits per heavy atom. The van der Waals surface area contributed by atoms with E-state index in [1.165, 1.54) is 0 Å². The van der Waals surface area contributed by atoms with Crippen LogP contribution in [0.25, 0.3) is 0 Å². The van der Waals surface area contributed by atoms with Gasteiger partial charge in [0.05, 0.1) is 18.1 Å². The number of aliphatic hydroxyl groups excluding tert-OH is 1. The van der Waals surface area contributed by atoms with Gasteiger partial charge in [-0.1, -0.05) is 0 Å². The van der Waals surface area contributed by atoms with Gasteiger partial charge in [-0.3, -0.25) is 9.59 Å². The van der Waals surface area contributed by atoms with Crippen molar-refractivity contribution in [3.8, 4) is 0 Å². The highest BCUT2D eigenvalue weighted by Crippen LogP contribution is 2.36. The van der Waals surface area contributed by atoms with Crippen molar-refractivity contribution >= 4 is 11.8 Å². The quantitative estimate of drug-likeness (QED) is 0.702. The summed E-state index contributed by atoms with van der Waals surface area (Å²) in [7, 11) is 0. The highest BCUT2D eigenvalue weighted by atomic mass is 16.3. The van der Waals surface area contributed by atoms with Gasteiger partial charge in [-0.25, -0.2) is 0 Å². The van der Waals surface area contributed by atoms with Crippen LogP contribution in [0.5, 0.6) is 0 Å². The number of amides is 2. The van der Waals surface area contributed by atoms with Crippen LogP contribution in [0.15, 0.2) is 0 Å². The molecule has 1 saturated heterocycles. The van der Waals surface area contributed by atoms with Crippen molar-refractivity contribution in [1.82, 2.24) is 10.2 Å². The van der Waals surface area contributed by atoms with Gasteiger partial charge in [0.25, 0.3) is 0 Å². The van der Waals surface area contributed by atoms with Crippen LogP contribution < -0.4 is 5.32 Å². The fraction of sp³-hybridized carbons (Fsp3) is 0.833. The van der Waals surface area contributed by atoms with Gasteiger partial charge in [0.1, 0.15) is 0 Å². The molecule has 3 fully saturated rings. The number of nitrogens with one attached hydrogen (secondary N) is 1. The Bertz CT molecular complexity index is 361. The Morgan fingerprint density at radius 2 is 2.18 bits per heavy atom. The third-order valence-corrected chi connectivity index (χ3v) is 4.06. The van der Waals surface area contributed by atoms with Crippen LogP contribution in [-0.2, 0) is 9.59 Å². The molecule has 5 heteroatoms. The largest absolute Gasteiger partial charge is 0.394 e. The maximum Gasteiger partial charge on any atom is 0.225 e. The summed E-state index contributed by atoms with van der Waals surface area (Å²) in [6.07, 6.45) is 4.20. The van der Waals surface area contributed by atoms with Crippen molar-refractivity contribution in [2.45, 2.75) is 43.7 Å². The summed E-state index contributed by atoms with van der Waals surface area (Å²) in [6, 6.07) is 0.396. The normalized spacial score (nSPS) is 30.5. The smallest absolute Gasteiger partial charge is 0.225 e. The summed E-state index contributed by atoms with van der Waals surface area (Å²) in [5, 5.41) is 12.0. The second-order valence-electron chi connectivity index (χ2n) is 5.61. The van der Waals surface area contributed by atoms with Gasteiger partial charge in [-0.05, 0) is 25.7 Å². The molecule has 1 heterocycles. The minimum absolute atomic E-state index is 0.00570. The van der Waals surface area contributed by atoms with Crippen molar-refractivity contribution < 1.29 is 14.7 Å². The first-order chi connectivity index (χ1) is 8.13. The molecule has 94 valence electrons. The predicted octanol–water partition coefficient (Wildman–Crippen LogP) is -0.362. The van der Waals surface area contributed by atoms with Crippen molar-refractivity contribution in [3.63, 3.8) is 0 Å². The molecule has 2 amide bonds. The molecular weight excluding hydrogens is 220 g/mol. The molecule has 5 nitrogen and oxygen atoms in total. The summed E-state index contributed by atoms with van der Waals surface area (Å²) in [5.41, 5.74) is -0.368. The number of hydrogen-bond acceptors (Lipinski definition) is 3. The first-order valence-corrected chi connectivity index (χ1v) is 6.36. The van der Waals surface area contributed by atoms with E-state index in [1.54, 1.807) is 0 Å². The topological polar surface area (TPSA) is 69.6 Å². The molecule has 0 aromatic carbocycles. The van der Waals surface area contributed by atoms with Gasteiger partial charge in [-0.2, -0.15) is 0 Å². The van der Waals surface area contributed by atoms with Crippen molar-refractivity contribution in [1.29, 1.82) is 0 Å². The minimum Gasteiger partial charge on any atom is -0.394 e. The predicted molar refractivity (Wildman–Crippen MR) is 60.0 cm³/mol. The summed E-state index contributed by atoms with van der Waals surface area (Å²) in [6.45, 7) is 0.572. The second-order valence-corrected chi connectivity index (χ2v) is 5.61. The first kappa shape index (κ1) is 11.0. The third-order valence-electron chi connectivity index (χ3n) is 4.06. The summed E-state index contributed by atoms with van der Waals surface area (Å²) >= 11 is 0. The molecule has 2 aliphatic carbocycles. The maximum atomic E-state index is 12.0. The van der Waals surface area contributed by atoms with Crippen molar-refractivity contribution in [2.24, 2.45) is 5.92 Å². The molecule has 2 N–H and O–H groups in total. The number of likely N-dealkylation sites (tertiary alicyclic amines) is 1. The molecule has 2 saturated carbocycles. The average molecular weight is 238 g/mol. The minimum atomic E-state index is -0.368. The Morgan fingerprint density at radius 1 is 1.47 bits per heavy atom. The molecule has 0 radical (unpaired) electrons. The zero-order chi connectivity index (χ0) is 12.0. The van der Waals surface area contributed by atoms with Gasteiger partial charge in [0, 0.05) is 19.0 Å². The van der Waals surface area contributed by atoms with Crippen LogP contribution in [0.3, 0.4) is 0 Å². The van der Waals surface area contributed by atoms with Crippen LogP contribution in [-0.4, -0.2) is 46.6 Å². The Kier molecular flexibility index (Phi) is 2.40. The lowest BCUT2D eigenvalue weighted by Gasteiger charge is -2.18. The van der Waals surface area contributed by atoms with E-state index >= 15 is 0 Å². The monoisotopic (exact) mass is 238 g/mol. The highest BCUT2D eigenvalue weighted by molar-refractivity contribution is 5.90. The molecule has 1 aliphatic heterocycles. The van der Waals surface area contributed by atoms with E-state index < -0.39 is 0 Å². The zero-order valence-corrected chi connectivity index (χ0v) is 9.82. The van der Waals surface area contributed by atoms with E-state index in [2.05, 4.69) is 5.32 Å². The van der Waals surface area contributed by atoms with Crippen LogP contribution in [0.2, 0.25) is 0 Å². The highest BCUT2D eigenvalue weighted by Gasteiger charge is 2.47. The number of carbonyl (C=O) groups excluding carboxylic acids is 2. The Labute approximate surface area is 100 Å². The van der Waals surface area contributed by atoms with Gasteiger partial charge < -0.3 is 15.3 Å². The lowest BCUT2D eigenvalue weighted by molar-refractivity contribution is -0.129. The molecular formula is C12H18N2O3. The molecule has 3 rings (SSSR count). The molecule has 0 aromatic rings. The van der Waals surface area contributed by atoms with Crippen LogP contribution in [0, 0.1) is 5.92 Å². The maximum absolute atomic E-state index is 12.0. The van der Waals surface area contributed by atoms with Crippen molar-refractivity contribution in [3.05, 3.63) is 0 Å². The number of carbonyl (C=O) groups is 2. The van der Waals surface area contributed by atoms with Crippen LogP contribution in [0.1, 0.15) is 32.1 Å². The average Bonchev–Trinajstić information content (AvgIpc) is 3.21. The van der Waals surface area contributed by atoms with E-state index in [-0.39, 0.29) is 29.9 Å². The van der Waals surface area contributed by atoms with Crippen molar-refractivity contribution in [2.75, 3.05) is 13.2 Å². The molecule has 1 unspecified atom stereocenters. The van der Waals surface area contributed by atoms with E-state index in [0.717, 1.165) is 25.7 Å². The van der Waals surface area contributed by atoms with Gasteiger partial charge in [0.2, 0.25) is 11.8 Å².